The molecular weight excluding hydrogens is 322 g/mol. The highest BCUT2D eigenvalue weighted by Crippen LogP contribution is 2.52. The summed E-state index contributed by atoms with van der Waals surface area (Å²) in [5.74, 6) is 0.416. The largest absolute Gasteiger partial charge is 0.481 e. The molecule has 1 heterocycles. The summed E-state index contributed by atoms with van der Waals surface area (Å²) in [7, 11) is 0. The lowest BCUT2D eigenvalue weighted by Crippen LogP contribution is -2.23. The van der Waals surface area contributed by atoms with Crippen molar-refractivity contribution in [1.82, 2.24) is 5.16 Å². The van der Waals surface area contributed by atoms with Crippen LogP contribution in [0.4, 0.5) is 0 Å². The molecule has 25 heavy (non-hydrogen) atoms. The fourth-order valence-corrected chi connectivity index (χ4v) is 4.19. The quantitative estimate of drug-likeness (QED) is 0.695. The first-order valence-electron chi connectivity index (χ1n) is 9.28. The zero-order valence-electron chi connectivity index (χ0n) is 14.9. The van der Waals surface area contributed by atoms with Crippen molar-refractivity contribution < 1.29 is 24.3 Å². The molecule has 0 atom stereocenters. The summed E-state index contributed by atoms with van der Waals surface area (Å²) >= 11 is 0. The highest BCUT2D eigenvalue weighted by Gasteiger charge is 2.41. The molecule has 0 amide bonds. The normalized spacial score (nSPS) is 23.0. The fraction of sp³-hybridized carbons (Fsp3) is 0.737. The molecular formula is C19H27NO5. The first kappa shape index (κ1) is 18.0. The van der Waals surface area contributed by atoms with Gasteiger partial charge in [-0.05, 0) is 49.9 Å². The number of nitrogens with zero attached hydrogens (tertiary/aromatic N) is 1. The van der Waals surface area contributed by atoms with Crippen LogP contribution in [0.3, 0.4) is 0 Å². The van der Waals surface area contributed by atoms with E-state index in [0.717, 1.165) is 42.9 Å². The van der Waals surface area contributed by atoms with Crippen molar-refractivity contribution in [3.8, 4) is 0 Å². The molecule has 2 N–H and O–H groups in total. The second-order valence-electron chi connectivity index (χ2n) is 8.18. The summed E-state index contributed by atoms with van der Waals surface area (Å²) in [6, 6.07) is 0. The Balaban J connectivity index is 1.80. The average Bonchev–Trinajstić information content (AvgIpc) is 3.20. The summed E-state index contributed by atoms with van der Waals surface area (Å²) in [6.07, 6.45) is 5.06. The van der Waals surface area contributed by atoms with Gasteiger partial charge in [-0.25, -0.2) is 0 Å². The van der Waals surface area contributed by atoms with E-state index < -0.39 is 17.9 Å². The Kier molecular flexibility index (Phi) is 5.16. The van der Waals surface area contributed by atoms with Gasteiger partial charge in [0.1, 0.15) is 5.76 Å². The molecule has 6 nitrogen and oxygen atoms in total. The van der Waals surface area contributed by atoms with Gasteiger partial charge in [-0.2, -0.15) is 0 Å². The Morgan fingerprint density at radius 1 is 1.12 bits per heavy atom. The van der Waals surface area contributed by atoms with E-state index in [1.807, 2.05) is 0 Å². The molecule has 2 saturated carbocycles. The van der Waals surface area contributed by atoms with Gasteiger partial charge in [-0.3, -0.25) is 9.59 Å². The monoisotopic (exact) mass is 349 g/mol. The van der Waals surface area contributed by atoms with Gasteiger partial charge in [0.2, 0.25) is 0 Å². The molecule has 0 radical (unpaired) electrons. The fourth-order valence-electron chi connectivity index (χ4n) is 4.19. The van der Waals surface area contributed by atoms with Crippen molar-refractivity contribution in [1.29, 1.82) is 0 Å². The molecule has 2 aliphatic carbocycles. The van der Waals surface area contributed by atoms with Crippen molar-refractivity contribution in [2.75, 3.05) is 0 Å². The van der Waals surface area contributed by atoms with Crippen molar-refractivity contribution in [3.05, 3.63) is 17.0 Å². The van der Waals surface area contributed by atoms with Crippen LogP contribution in [0.15, 0.2) is 4.52 Å². The minimum Gasteiger partial charge on any atom is -0.481 e. The number of carboxylic acid groups (broad SMARTS) is 2. The summed E-state index contributed by atoms with van der Waals surface area (Å²) in [4.78, 5) is 22.3. The van der Waals surface area contributed by atoms with Crippen LogP contribution in [0.25, 0.3) is 0 Å². The van der Waals surface area contributed by atoms with Crippen LogP contribution >= 0.6 is 0 Å². The van der Waals surface area contributed by atoms with Crippen molar-refractivity contribution >= 4 is 11.9 Å². The lowest BCUT2D eigenvalue weighted by molar-refractivity contribution is -0.139. The molecule has 0 saturated heterocycles. The minimum absolute atomic E-state index is 0.224. The van der Waals surface area contributed by atoms with Gasteiger partial charge >= 0.3 is 11.9 Å². The molecule has 3 rings (SSSR count). The van der Waals surface area contributed by atoms with Crippen molar-refractivity contribution in [2.24, 2.45) is 11.8 Å². The van der Waals surface area contributed by atoms with Gasteiger partial charge in [0.25, 0.3) is 0 Å². The standard InChI is InChI=1S/C19H27NO5/c1-10(2)5-11-6-14(7-11)19-17(12-3-4-12)18(20-25-19)13(8-15(21)22)9-16(23)24/h10-14H,3-9H2,1-2H3,(H,21,22)(H,23,24). The first-order valence-corrected chi connectivity index (χ1v) is 9.28. The van der Waals surface area contributed by atoms with Crippen LogP contribution < -0.4 is 0 Å². The maximum Gasteiger partial charge on any atom is 0.304 e. The first-order chi connectivity index (χ1) is 11.8. The van der Waals surface area contributed by atoms with Gasteiger partial charge in [0.05, 0.1) is 18.5 Å². The predicted octanol–water partition coefficient (Wildman–Crippen LogP) is 4.12. The third-order valence-corrected chi connectivity index (χ3v) is 5.41. The van der Waals surface area contributed by atoms with Crippen LogP contribution in [0.2, 0.25) is 0 Å². The van der Waals surface area contributed by atoms with E-state index in [0.29, 0.717) is 23.4 Å². The second-order valence-corrected chi connectivity index (χ2v) is 8.18. The van der Waals surface area contributed by atoms with E-state index >= 15 is 0 Å². The number of aromatic nitrogens is 1. The van der Waals surface area contributed by atoms with Gasteiger partial charge in [-0.15, -0.1) is 0 Å². The van der Waals surface area contributed by atoms with Gasteiger partial charge in [-0.1, -0.05) is 19.0 Å². The summed E-state index contributed by atoms with van der Waals surface area (Å²) < 4.78 is 5.66. The van der Waals surface area contributed by atoms with Crippen LogP contribution in [0.5, 0.6) is 0 Å². The molecule has 138 valence electrons. The Bertz CT molecular complexity index is 624. The summed E-state index contributed by atoms with van der Waals surface area (Å²) in [6.45, 7) is 4.47. The lowest BCUT2D eigenvalue weighted by atomic mass is 9.69. The molecule has 0 bridgehead atoms. The molecule has 0 aliphatic heterocycles. The molecule has 1 aromatic rings. The average molecular weight is 349 g/mol. The van der Waals surface area contributed by atoms with E-state index in [9.17, 15) is 9.59 Å². The van der Waals surface area contributed by atoms with E-state index in [4.69, 9.17) is 14.7 Å². The molecule has 0 spiro atoms. The van der Waals surface area contributed by atoms with E-state index in [1.54, 1.807) is 0 Å². The maximum absolute atomic E-state index is 11.2. The Hall–Kier alpha value is -1.85. The number of hydrogen-bond donors (Lipinski definition) is 2. The van der Waals surface area contributed by atoms with Crippen LogP contribution in [-0.2, 0) is 9.59 Å². The van der Waals surface area contributed by atoms with E-state index in [2.05, 4.69) is 19.0 Å². The molecule has 1 aromatic heterocycles. The van der Waals surface area contributed by atoms with Gasteiger partial charge in [0, 0.05) is 17.4 Å². The third-order valence-electron chi connectivity index (χ3n) is 5.41. The minimum atomic E-state index is -1.00. The van der Waals surface area contributed by atoms with Crippen molar-refractivity contribution in [3.63, 3.8) is 0 Å². The third kappa shape index (κ3) is 4.22. The molecule has 6 heteroatoms. The summed E-state index contributed by atoms with van der Waals surface area (Å²) in [5.41, 5.74) is 1.61. The molecule has 2 fully saturated rings. The zero-order valence-corrected chi connectivity index (χ0v) is 14.9. The van der Waals surface area contributed by atoms with Crippen LogP contribution in [0, 0.1) is 11.8 Å². The zero-order chi connectivity index (χ0) is 18.1. The van der Waals surface area contributed by atoms with Gasteiger partial charge < -0.3 is 14.7 Å². The smallest absolute Gasteiger partial charge is 0.304 e. The van der Waals surface area contributed by atoms with Crippen molar-refractivity contribution in [2.45, 2.75) is 76.5 Å². The number of hydrogen-bond acceptors (Lipinski definition) is 4. The molecule has 2 aliphatic rings. The van der Waals surface area contributed by atoms with Gasteiger partial charge in [0.15, 0.2) is 0 Å². The van der Waals surface area contributed by atoms with E-state index in [1.165, 1.54) is 6.42 Å². The number of carbonyl (C=O) groups is 2. The highest BCUT2D eigenvalue weighted by molar-refractivity contribution is 5.72. The number of aliphatic carboxylic acids is 2. The predicted molar refractivity (Wildman–Crippen MR) is 90.6 cm³/mol. The van der Waals surface area contributed by atoms with Crippen LogP contribution in [0.1, 0.15) is 93.6 Å². The number of carboxylic acids is 2. The van der Waals surface area contributed by atoms with Crippen LogP contribution in [-0.4, -0.2) is 27.3 Å². The summed E-state index contributed by atoms with van der Waals surface area (Å²) in [5, 5.41) is 22.5. The van der Waals surface area contributed by atoms with E-state index in [-0.39, 0.29) is 12.8 Å². The lowest BCUT2D eigenvalue weighted by Gasteiger charge is -2.35. The Morgan fingerprint density at radius 3 is 2.20 bits per heavy atom. The second kappa shape index (κ2) is 7.18. The topological polar surface area (TPSA) is 101 Å². The Labute approximate surface area is 147 Å². The number of rotatable bonds is 9. The molecule has 0 aromatic carbocycles. The Morgan fingerprint density at radius 2 is 1.72 bits per heavy atom. The highest BCUT2D eigenvalue weighted by atomic mass is 16.5. The maximum atomic E-state index is 11.2. The SMILES string of the molecule is CC(C)CC1CC(c2onc(C(CC(=O)O)CC(=O)O)c2C2CC2)C1. The molecule has 0 unspecified atom stereocenters.